The van der Waals surface area contributed by atoms with Crippen molar-refractivity contribution in [3.05, 3.63) is 77.1 Å². The van der Waals surface area contributed by atoms with E-state index in [4.69, 9.17) is 0 Å². The molecule has 0 aliphatic rings. The van der Waals surface area contributed by atoms with Crippen molar-refractivity contribution in [1.82, 2.24) is 9.97 Å². The van der Waals surface area contributed by atoms with Crippen LogP contribution in [-0.4, -0.2) is 9.97 Å². The van der Waals surface area contributed by atoms with Crippen LogP contribution in [0.3, 0.4) is 0 Å². The largest absolute Gasteiger partial charge is 0.366 e. The van der Waals surface area contributed by atoms with Gasteiger partial charge in [0, 0.05) is 18.3 Å². The van der Waals surface area contributed by atoms with Gasteiger partial charge in [0.1, 0.15) is 17.5 Å². The van der Waals surface area contributed by atoms with Crippen molar-refractivity contribution in [2.24, 2.45) is 0 Å². The summed E-state index contributed by atoms with van der Waals surface area (Å²) in [6.45, 7) is 6.81. The van der Waals surface area contributed by atoms with Crippen LogP contribution in [-0.2, 0) is 6.54 Å². The number of hydrogen-bond acceptors (Lipinski definition) is 4. The Hall–Kier alpha value is -2.88. The lowest BCUT2D eigenvalue weighted by Gasteiger charge is -2.11. The van der Waals surface area contributed by atoms with Crippen molar-refractivity contribution in [2.75, 3.05) is 10.6 Å². The molecule has 0 saturated heterocycles. The zero-order chi connectivity index (χ0) is 16.9. The number of anilines is 3. The Kier molecular flexibility index (Phi) is 4.75. The summed E-state index contributed by atoms with van der Waals surface area (Å²) in [4.78, 5) is 8.93. The first kappa shape index (κ1) is 16.0. The molecular formula is C20H22N4. The average Bonchev–Trinajstić information content (AvgIpc) is 2.52. The summed E-state index contributed by atoms with van der Waals surface area (Å²) in [6.07, 6.45) is 0. The molecule has 3 rings (SSSR count). The molecule has 0 amide bonds. The minimum absolute atomic E-state index is 0.736. The van der Waals surface area contributed by atoms with Crippen LogP contribution in [0.5, 0.6) is 0 Å². The summed E-state index contributed by atoms with van der Waals surface area (Å²) in [5.41, 5.74) is 4.73. The summed E-state index contributed by atoms with van der Waals surface area (Å²) < 4.78 is 0. The molecule has 0 radical (unpaired) electrons. The molecule has 0 spiro atoms. The molecule has 0 atom stereocenters. The Morgan fingerprint density at radius 3 is 2.25 bits per heavy atom. The van der Waals surface area contributed by atoms with E-state index in [0.717, 1.165) is 29.7 Å². The SMILES string of the molecule is Cc1cccc(CNc2cc(Nc3cccc(C)c3)nc(C)n2)c1. The zero-order valence-electron chi connectivity index (χ0n) is 14.3. The van der Waals surface area contributed by atoms with Crippen LogP contribution in [0.25, 0.3) is 0 Å². The highest BCUT2D eigenvalue weighted by molar-refractivity contribution is 5.59. The normalized spacial score (nSPS) is 10.5. The van der Waals surface area contributed by atoms with Gasteiger partial charge < -0.3 is 10.6 Å². The third-order valence-electron chi connectivity index (χ3n) is 3.68. The van der Waals surface area contributed by atoms with E-state index >= 15 is 0 Å². The molecule has 0 saturated carbocycles. The van der Waals surface area contributed by atoms with Crippen LogP contribution in [0.4, 0.5) is 17.3 Å². The van der Waals surface area contributed by atoms with Gasteiger partial charge in [0.2, 0.25) is 0 Å². The molecule has 0 bridgehead atoms. The topological polar surface area (TPSA) is 49.8 Å². The smallest absolute Gasteiger partial charge is 0.136 e. The second kappa shape index (κ2) is 7.13. The van der Waals surface area contributed by atoms with Gasteiger partial charge >= 0.3 is 0 Å². The van der Waals surface area contributed by atoms with E-state index in [1.165, 1.54) is 16.7 Å². The average molecular weight is 318 g/mol. The second-order valence-corrected chi connectivity index (χ2v) is 6.02. The molecule has 0 aliphatic carbocycles. The van der Waals surface area contributed by atoms with Gasteiger partial charge in [0.15, 0.2) is 0 Å². The number of aryl methyl sites for hydroxylation is 3. The highest BCUT2D eigenvalue weighted by atomic mass is 15.1. The molecular weight excluding hydrogens is 296 g/mol. The minimum atomic E-state index is 0.736. The Bertz CT molecular complexity index is 843. The molecule has 2 aromatic carbocycles. The predicted octanol–water partition coefficient (Wildman–Crippen LogP) is 4.76. The van der Waals surface area contributed by atoms with E-state index in [9.17, 15) is 0 Å². The van der Waals surface area contributed by atoms with Crippen molar-refractivity contribution in [3.8, 4) is 0 Å². The molecule has 4 nitrogen and oxygen atoms in total. The molecule has 2 N–H and O–H groups in total. The van der Waals surface area contributed by atoms with Gasteiger partial charge in [0.25, 0.3) is 0 Å². The van der Waals surface area contributed by atoms with Gasteiger partial charge in [-0.25, -0.2) is 9.97 Å². The van der Waals surface area contributed by atoms with Crippen LogP contribution in [0.2, 0.25) is 0 Å². The maximum Gasteiger partial charge on any atom is 0.136 e. The lowest BCUT2D eigenvalue weighted by Crippen LogP contribution is -2.05. The van der Waals surface area contributed by atoms with Gasteiger partial charge in [-0.1, -0.05) is 42.0 Å². The molecule has 122 valence electrons. The minimum Gasteiger partial charge on any atom is -0.366 e. The Morgan fingerprint density at radius 2 is 1.50 bits per heavy atom. The summed E-state index contributed by atoms with van der Waals surface area (Å²) >= 11 is 0. The van der Waals surface area contributed by atoms with Crippen LogP contribution in [0.15, 0.2) is 54.6 Å². The fourth-order valence-corrected chi connectivity index (χ4v) is 2.61. The zero-order valence-corrected chi connectivity index (χ0v) is 14.3. The molecule has 24 heavy (non-hydrogen) atoms. The number of nitrogens with zero attached hydrogens (tertiary/aromatic N) is 2. The number of aromatic nitrogens is 2. The van der Waals surface area contributed by atoms with Crippen LogP contribution < -0.4 is 10.6 Å². The lowest BCUT2D eigenvalue weighted by molar-refractivity contribution is 1.02. The predicted molar refractivity (Wildman–Crippen MR) is 99.7 cm³/mol. The first-order valence-corrected chi connectivity index (χ1v) is 8.07. The van der Waals surface area contributed by atoms with Gasteiger partial charge in [0.05, 0.1) is 0 Å². The molecule has 3 aromatic rings. The molecule has 1 heterocycles. The van der Waals surface area contributed by atoms with Crippen LogP contribution in [0, 0.1) is 20.8 Å². The van der Waals surface area contributed by atoms with Crippen molar-refractivity contribution in [1.29, 1.82) is 0 Å². The fraction of sp³-hybridized carbons (Fsp3) is 0.200. The third-order valence-corrected chi connectivity index (χ3v) is 3.68. The van der Waals surface area contributed by atoms with Crippen molar-refractivity contribution in [3.63, 3.8) is 0 Å². The van der Waals surface area contributed by atoms with Crippen LogP contribution in [0.1, 0.15) is 22.5 Å². The number of hydrogen-bond donors (Lipinski definition) is 2. The Morgan fingerprint density at radius 1 is 0.792 bits per heavy atom. The van der Waals surface area contributed by atoms with Gasteiger partial charge in [-0.2, -0.15) is 0 Å². The van der Waals surface area contributed by atoms with Gasteiger partial charge in [-0.3, -0.25) is 0 Å². The molecule has 0 aliphatic heterocycles. The molecule has 1 aromatic heterocycles. The fourth-order valence-electron chi connectivity index (χ4n) is 2.61. The van der Waals surface area contributed by atoms with E-state index in [2.05, 4.69) is 70.8 Å². The first-order valence-electron chi connectivity index (χ1n) is 8.07. The number of rotatable bonds is 5. The Balaban J connectivity index is 1.73. The number of benzene rings is 2. The molecule has 0 fully saturated rings. The van der Waals surface area contributed by atoms with Crippen molar-refractivity contribution < 1.29 is 0 Å². The van der Waals surface area contributed by atoms with E-state index in [1.54, 1.807) is 0 Å². The van der Waals surface area contributed by atoms with Crippen molar-refractivity contribution in [2.45, 2.75) is 27.3 Å². The van der Waals surface area contributed by atoms with Crippen molar-refractivity contribution >= 4 is 17.3 Å². The quantitative estimate of drug-likeness (QED) is 0.712. The summed E-state index contributed by atoms with van der Waals surface area (Å²) in [6, 6.07) is 18.6. The highest BCUT2D eigenvalue weighted by Gasteiger charge is 2.03. The summed E-state index contributed by atoms with van der Waals surface area (Å²) in [7, 11) is 0. The summed E-state index contributed by atoms with van der Waals surface area (Å²) in [5, 5.41) is 6.72. The van der Waals surface area contributed by atoms with Gasteiger partial charge in [-0.05, 0) is 44.0 Å². The summed E-state index contributed by atoms with van der Waals surface area (Å²) in [5.74, 6) is 2.35. The lowest BCUT2D eigenvalue weighted by atomic mass is 10.1. The van der Waals surface area contributed by atoms with E-state index in [1.807, 2.05) is 25.1 Å². The third kappa shape index (κ3) is 4.32. The molecule has 4 heteroatoms. The van der Waals surface area contributed by atoms with E-state index < -0.39 is 0 Å². The van der Waals surface area contributed by atoms with E-state index in [0.29, 0.717) is 0 Å². The molecule has 0 unspecified atom stereocenters. The maximum atomic E-state index is 4.47. The highest BCUT2D eigenvalue weighted by Crippen LogP contribution is 2.19. The van der Waals surface area contributed by atoms with Gasteiger partial charge in [-0.15, -0.1) is 0 Å². The standard InChI is InChI=1S/C20H22N4/c1-14-6-4-8-17(10-14)13-21-19-12-20(23-16(3)22-19)24-18-9-5-7-15(2)11-18/h4-12H,13H2,1-3H3,(H2,21,22,23,24). The second-order valence-electron chi connectivity index (χ2n) is 6.02. The van der Waals surface area contributed by atoms with E-state index in [-0.39, 0.29) is 0 Å². The Labute approximate surface area is 143 Å². The first-order chi connectivity index (χ1) is 11.6. The van der Waals surface area contributed by atoms with Crippen LogP contribution >= 0.6 is 0 Å². The monoisotopic (exact) mass is 318 g/mol. The number of nitrogens with one attached hydrogen (secondary N) is 2. The maximum absolute atomic E-state index is 4.47.